The van der Waals surface area contributed by atoms with Crippen molar-refractivity contribution < 1.29 is 14.3 Å². The molecule has 31 heavy (non-hydrogen) atoms. The Morgan fingerprint density at radius 2 is 1.97 bits per heavy atom. The highest BCUT2D eigenvalue weighted by molar-refractivity contribution is 5.98. The lowest BCUT2D eigenvalue weighted by Gasteiger charge is -2.20. The number of para-hydroxylation sites is 1. The first-order valence-electron chi connectivity index (χ1n) is 9.68. The van der Waals surface area contributed by atoms with Crippen molar-refractivity contribution in [2.24, 2.45) is 7.05 Å². The van der Waals surface area contributed by atoms with Crippen LogP contribution in [0, 0.1) is 0 Å². The average molecular weight is 427 g/mol. The van der Waals surface area contributed by atoms with Crippen LogP contribution in [0.3, 0.4) is 0 Å². The Morgan fingerprint density at radius 1 is 1.23 bits per heavy atom. The Hall–Kier alpha value is -3.95. The molecule has 10 heteroatoms. The van der Waals surface area contributed by atoms with E-state index >= 15 is 0 Å². The summed E-state index contributed by atoms with van der Waals surface area (Å²) in [5.74, 6) is -0.121. The van der Waals surface area contributed by atoms with Gasteiger partial charge in [-0.1, -0.05) is 13.0 Å². The van der Waals surface area contributed by atoms with Gasteiger partial charge in [0, 0.05) is 21.1 Å². The number of nitrogens with one attached hydrogen (secondary N) is 3. The van der Waals surface area contributed by atoms with Gasteiger partial charge in [-0.25, -0.2) is 0 Å². The molecule has 164 valence electrons. The number of rotatable bonds is 7. The van der Waals surface area contributed by atoms with Gasteiger partial charge >= 0.3 is 0 Å². The molecule has 0 aliphatic carbocycles. The quantitative estimate of drug-likeness (QED) is 0.426. The molecule has 0 saturated carbocycles. The van der Waals surface area contributed by atoms with Gasteiger partial charge in [0.05, 0.1) is 23.6 Å². The summed E-state index contributed by atoms with van der Waals surface area (Å²) in [6, 6.07) is 7.70. The van der Waals surface area contributed by atoms with Gasteiger partial charge in [0.15, 0.2) is 5.75 Å². The normalized spacial score (nSPS) is 11.7. The monoisotopic (exact) mass is 427 g/mol. The Kier molecular flexibility index (Phi) is 6.19. The van der Waals surface area contributed by atoms with E-state index in [2.05, 4.69) is 15.7 Å². The van der Waals surface area contributed by atoms with E-state index in [4.69, 9.17) is 4.42 Å². The summed E-state index contributed by atoms with van der Waals surface area (Å²) in [7, 11) is 4.54. The molecular weight excluding hydrogens is 402 g/mol. The number of anilines is 3. The lowest BCUT2D eigenvalue weighted by atomic mass is 10.1. The highest BCUT2D eigenvalue weighted by Gasteiger charge is 2.22. The van der Waals surface area contributed by atoms with Gasteiger partial charge in [0.25, 0.3) is 17.0 Å². The van der Waals surface area contributed by atoms with Crippen molar-refractivity contribution in [2.45, 2.75) is 19.4 Å². The second-order valence-electron chi connectivity index (χ2n) is 7.20. The van der Waals surface area contributed by atoms with Crippen LogP contribution in [-0.2, 0) is 7.05 Å². The van der Waals surface area contributed by atoms with Gasteiger partial charge in [0.1, 0.15) is 17.1 Å². The molecule has 2 heterocycles. The average Bonchev–Trinajstić information content (AvgIpc) is 3.27. The van der Waals surface area contributed by atoms with Crippen molar-refractivity contribution >= 4 is 23.0 Å². The first kappa shape index (κ1) is 21.8. The molecule has 3 rings (SSSR count). The van der Waals surface area contributed by atoms with Gasteiger partial charge in [-0.2, -0.15) is 0 Å². The maximum atomic E-state index is 12.9. The maximum Gasteiger partial charge on any atom is 0.290 e. The molecule has 1 unspecified atom stereocenters. The number of nitrogens with zero attached hydrogens (tertiary/aromatic N) is 2. The number of hydrogen-bond donors (Lipinski definition) is 4. The largest absolute Gasteiger partial charge is 0.505 e. The summed E-state index contributed by atoms with van der Waals surface area (Å²) in [5, 5.41) is 19.0. The number of benzene rings is 1. The van der Waals surface area contributed by atoms with E-state index < -0.39 is 17.0 Å². The third kappa shape index (κ3) is 4.32. The van der Waals surface area contributed by atoms with E-state index in [1.165, 1.54) is 30.3 Å². The lowest BCUT2D eigenvalue weighted by molar-refractivity contribution is 0.0824. The SMILES string of the molecule is CCC(Nc1c(Nc2cccc(C(=O)N(C)C)c2O)c(=O)n(C)[nH]c1=O)c1ccco1. The number of hydrogen-bond acceptors (Lipinski definition) is 7. The minimum Gasteiger partial charge on any atom is -0.505 e. The number of aryl methyl sites for hydroxylation is 1. The fourth-order valence-electron chi connectivity index (χ4n) is 3.13. The molecule has 0 saturated heterocycles. The summed E-state index contributed by atoms with van der Waals surface area (Å²) in [4.78, 5) is 39.2. The molecule has 3 aromatic rings. The smallest absolute Gasteiger partial charge is 0.290 e. The van der Waals surface area contributed by atoms with Crippen LogP contribution in [0.4, 0.5) is 17.1 Å². The van der Waals surface area contributed by atoms with Crippen LogP contribution >= 0.6 is 0 Å². The molecule has 2 aromatic heterocycles. The number of aromatic hydroxyl groups is 1. The highest BCUT2D eigenvalue weighted by Crippen LogP contribution is 2.32. The van der Waals surface area contributed by atoms with Crippen LogP contribution in [-0.4, -0.2) is 39.8 Å². The summed E-state index contributed by atoms with van der Waals surface area (Å²) >= 11 is 0. The number of phenols is 1. The third-order valence-electron chi connectivity index (χ3n) is 4.81. The summed E-state index contributed by atoms with van der Waals surface area (Å²) in [6.45, 7) is 1.91. The molecule has 0 spiro atoms. The van der Waals surface area contributed by atoms with E-state index in [1.807, 2.05) is 6.92 Å². The molecule has 1 aromatic carbocycles. The van der Waals surface area contributed by atoms with Gasteiger partial charge in [-0.15, -0.1) is 0 Å². The minimum absolute atomic E-state index is 0.00455. The molecule has 10 nitrogen and oxygen atoms in total. The Balaban J connectivity index is 2.08. The number of furan rings is 1. The predicted octanol–water partition coefficient (Wildman–Crippen LogP) is 2.38. The van der Waals surface area contributed by atoms with Crippen LogP contribution in [0.2, 0.25) is 0 Å². The Bertz CT molecular complexity index is 1190. The fourth-order valence-corrected chi connectivity index (χ4v) is 3.13. The second kappa shape index (κ2) is 8.82. The van der Waals surface area contributed by atoms with Crippen molar-refractivity contribution in [2.75, 3.05) is 24.7 Å². The van der Waals surface area contributed by atoms with Crippen molar-refractivity contribution in [3.8, 4) is 5.75 Å². The van der Waals surface area contributed by atoms with E-state index in [-0.39, 0.29) is 34.4 Å². The van der Waals surface area contributed by atoms with Crippen molar-refractivity contribution in [3.63, 3.8) is 0 Å². The molecule has 0 fully saturated rings. The fraction of sp³-hybridized carbons (Fsp3) is 0.286. The van der Waals surface area contributed by atoms with Gasteiger partial charge in [-0.05, 0) is 30.7 Å². The molecule has 0 radical (unpaired) electrons. The molecule has 4 N–H and O–H groups in total. The zero-order valence-corrected chi connectivity index (χ0v) is 17.7. The van der Waals surface area contributed by atoms with Crippen LogP contribution in [0.5, 0.6) is 5.75 Å². The predicted molar refractivity (Wildman–Crippen MR) is 117 cm³/mol. The maximum absolute atomic E-state index is 12.9. The number of aromatic nitrogens is 2. The molecule has 0 bridgehead atoms. The van der Waals surface area contributed by atoms with E-state index in [0.29, 0.717) is 12.2 Å². The number of carbonyl (C=O) groups is 1. The number of aromatic amines is 1. The highest BCUT2D eigenvalue weighted by atomic mass is 16.3. The van der Waals surface area contributed by atoms with Gasteiger partial charge < -0.3 is 25.1 Å². The summed E-state index contributed by atoms with van der Waals surface area (Å²) in [5.41, 5.74) is -0.955. The van der Waals surface area contributed by atoms with Gasteiger partial charge in [-0.3, -0.25) is 24.2 Å². The van der Waals surface area contributed by atoms with Crippen LogP contribution in [0.1, 0.15) is 35.5 Å². The number of phenolic OH excluding ortho intramolecular Hbond substituents is 1. The van der Waals surface area contributed by atoms with Crippen molar-refractivity contribution in [1.29, 1.82) is 0 Å². The lowest BCUT2D eigenvalue weighted by Crippen LogP contribution is -2.32. The van der Waals surface area contributed by atoms with Crippen LogP contribution < -0.4 is 21.8 Å². The van der Waals surface area contributed by atoms with E-state index in [1.54, 1.807) is 32.3 Å². The first-order chi connectivity index (χ1) is 14.7. The zero-order chi connectivity index (χ0) is 22.7. The molecule has 1 amide bonds. The van der Waals surface area contributed by atoms with E-state index in [0.717, 1.165) is 4.68 Å². The molecule has 0 aliphatic heterocycles. The summed E-state index contributed by atoms with van der Waals surface area (Å²) < 4.78 is 6.47. The van der Waals surface area contributed by atoms with Gasteiger partial charge in [0.2, 0.25) is 0 Å². The molecule has 1 atom stereocenters. The number of amides is 1. The third-order valence-corrected chi connectivity index (χ3v) is 4.81. The van der Waals surface area contributed by atoms with Crippen molar-refractivity contribution in [3.05, 3.63) is 68.6 Å². The molecular formula is C21H25N5O5. The summed E-state index contributed by atoms with van der Waals surface area (Å²) in [6.07, 6.45) is 2.11. The van der Waals surface area contributed by atoms with Crippen LogP contribution in [0.15, 0.2) is 50.6 Å². The number of H-pyrrole nitrogens is 1. The van der Waals surface area contributed by atoms with Crippen molar-refractivity contribution in [1.82, 2.24) is 14.7 Å². The number of carbonyl (C=O) groups excluding carboxylic acids is 1. The second-order valence-corrected chi connectivity index (χ2v) is 7.20. The standard InChI is InChI=1S/C21H25N5O5/c1-5-13(15-10-7-11-31-15)22-16-17(21(30)26(4)24-19(16)28)23-14-9-6-8-12(18(14)27)20(29)25(2)3/h6-11,13,22-23,27H,5H2,1-4H3,(H,24,28). The Morgan fingerprint density at radius 3 is 2.58 bits per heavy atom. The Labute approximate surface area is 178 Å². The minimum atomic E-state index is -0.533. The topological polar surface area (TPSA) is 133 Å². The van der Waals surface area contributed by atoms with Crippen LogP contribution in [0.25, 0.3) is 0 Å². The molecule has 0 aliphatic rings. The zero-order valence-electron chi connectivity index (χ0n) is 17.7. The first-order valence-corrected chi connectivity index (χ1v) is 9.68. The van der Waals surface area contributed by atoms with E-state index in [9.17, 15) is 19.5 Å².